The molecule has 1 unspecified atom stereocenters. The number of rotatable bonds is 5. The number of hydrogen-bond donors (Lipinski definition) is 1. The van der Waals surface area contributed by atoms with Crippen molar-refractivity contribution < 1.29 is 0 Å². The zero-order valence-corrected chi connectivity index (χ0v) is 14.2. The van der Waals surface area contributed by atoms with E-state index in [1.165, 1.54) is 15.3 Å². The van der Waals surface area contributed by atoms with Crippen molar-refractivity contribution in [2.45, 2.75) is 32.9 Å². The number of halogens is 2. The standard InChI is InChI=1S/C15H17BrClNS/c1-10(7-13-5-3-11(2)19-13)18-9-12-4-6-15(17)14(16)8-12/h3-6,8,10,18H,7,9H2,1-2H3. The Labute approximate surface area is 132 Å². The van der Waals surface area contributed by atoms with Gasteiger partial charge in [-0.2, -0.15) is 0 Å². The molecule has 1 nitrogen and oxygen atoms in total. The van der Waals surface area contributed by atoms with Gasteiger partial charge in [0.25, 0.3) is 0 Å². The molecule has 102 valence electrons. The quantitative estimate of drug-likeness (QED) is 0.775. The Hall–Kier alpha value is -0.350. The number of nitrogens with one attached hydrogen (secondary N) is 1. The highest BCUT2D eigenvalue weighted by molar-refractivity contribution is 9.10. The molecule has 1 aromatic heterocycles. The van der Waals surface area contributed by atoms with Gasteiger partial charge in [0.05, 0.1) is 5.02 Å². The van der Waals surface area contributed by atoms with Gasteiger partial charge in [0.15, 0.2) is 0 Å². The van der Waals surface area contributed by atoms with Crippen molar-refractivity contribution in [2.75, 3.05) is 0 Å². The van der Waals surface area contributed by atoms with Crippen molar-refractivity contribution in [3.8, 4) is 0 Å². The van der Waals surface area contributed by atoms with Gasteiger partial charge in [-0.3, -0.25) is 0 Å². The summed E-state index contributed by atoms with van der Waals surface area (Å²) in [5.74, 6) is 0. The minimum atomic E-state index is 0.465. The second kappa shape index (κ2) is 6.89. The first-order chi connectivity index (χ1) is 9.04. The summed E-state index contributed by atoms with van der Waals surface area (Å²) in [5, 5.41) is 4.30. The fourth-order valence-electron chi connectivity index (χ4n) is 1.91. The van der Waals surface area contributed by atoms with Gasteiger partial charge in [0.2, 0.25) is 0 Å². The monoisotopic (exact) mass is 357 g/mol. The molecule has 0 saturated carbocycles. The summed E-state index contributed by atoms with van der Waals surface area (Å²) in [6.45, 7) is 5.23. The number of thiophene rings is 1. The molecule has 0 radical (unpaired) electrons. The van der Waals surface area contributed by atoms with E-state index in [1.54, 1.807) is 0 Å². The van der Waals surface area contributed by atoms with E-state index in [-0.39, 0.29) is 0 Å². The molecule has 0 aliphatic heterocycles. The van der Waals surface area contributed by atoms with Crippen LogP contribution in [0, 0.1) is 6.92 Å². The van der Waals surface area contributed by atoms with Crippen LogP contribution in [-0.2, 0) is 13.0 Å². The number of benzene rings is 1. The number of hydrogen-bond acceptors (Lipinski definition) is 2. The molecule has 0 amide bonds. The van der Waals surface area contributed by atoms with Crippen LogP contribution < -0.4 is 5.32 Å². The molecule has 1 N–H and O–H groups in total. The maximum absolute atomic E-state index is 5.99. The van der Waals surface area contributed by atoms with E-state index in [2.05, 4.69) is 59.4 Å². The zero-order chi connectivity index (χ0) is 13.8. The predicted octanol–water partition coefficient (Wildman–Crippen LogP) is 5.19. The second-order valence-corrected chi connectivity index (χ2v) is 7.38. The predicted molar refractivity (Wildman–Crippen MR) is 88.2 cm³/mol. The van der Waals surface area contributed by atoms with E-state index in [1.807, 2.05) is 17.4 Å². The fraction of sp³-hybridized carbons (Fsp3) is 0.333. The number of aryl methyl sites for hydroxylation is 1. The average molecular weight is 359 g/mol. The van der Waals surface area contributed by atoms with Crippen LogP contribution in [0.25, 0.3) is 0 Å². The third kappa shape index (κ3) is 4.60. The van der Waals surface area contributed by atoms with Crippen LogP contribution in [0.3, 0.4) is 0 Å². The van der Waals surface area contributed by atoms with Crippen LogP contribution in [0.5, 0.6) is 0 Å². The molecular formula is C15H17BrClNS. The van der Waals surface area contributed by atoms with E-state index in [4.69, 9.17) is 11.6 Å². The van der Waals surface area contributed by atoms with Gasteiger partial charge in [-0.05, 0) is 66.0 Å². The molecule has 2 aromatic rings. The van der Waals surface area contributed by atoms with Crippen LogP contribution in [0.15, 0.2) is 34.8 Å². The lowest BCUT2D eigenvalue weighted by molar-refractivity contribution is 0.548. The van der Waals surface area contributed by atoms with Gasteiger partial charge >= 0.3 is 0 Å². The lowest BCUT2D eigenvalue weighted by Crippen LogP contribution is -2.27. The molecule has 0 fully saturated rings. The largest absolute Gasteiger partial charge is 0.310 e. The van der Waals surface area contributed by atoms with Gasteiger partial charge in [-0.15, -0.1) is 11.3 Å². The van der Waals surface area contributed by atoms with Gasteiger partial charge in [-0.1, -0.05) is 17.7 Å². The molecule has 0 saturated heterocycles. The topological polar surface area (TPSA) is 12.0 Å². The molecule has 0 spiro atoms. The molecule has 1 aromatic carbocycles. The second-order valence-electron chi connectivity index (χ2n) is 4.75. The zero-order valence-electron chi connectivity index (χ0n) is 11.0. The summed E-state index contributed by atoms with van der Waals surface area (Å²) >= 11 is 11.3. The third-order valence-corrected chi connectivity index (χ3v) is 5.18. The van der Waals surface area contributed by atoms with Crippen molar-refractivity contribution >= 4 is 38.9 Å². The van der Waals surface area contributed by atoms with Crippen molar-refractivity contribution in [3.05, 3.63) is 55.1 Å². The molecule has 1 atom stereocenters. The van der Waals surface area contributed by atoms with Crippen molar-refractivity contribution in [1.82, 2.24) is 5.32 Å². The average Bonchev–Trinajstić information content (AvgIpc) is 2.76. The van der Waals surface area contributed by atoms with Gasteiger partial charge in [-0.25, -0.2) is 0 Å². The molecule has 0 aliphatic rings. The molecular weight excluding hydrogens is 342 g/mol. The highest BCUT2D eigenvalue weighted by Gasteiger charge is 2.06. The Morgan fingerprint density at radius 1 is 1.32 bits per heavy atom. The van der Waals surface area contributed by atoms with Gasteiger partial charge < -0.3 is 5.32 Å². The minimum absolute atomic E-state index is 0.465. The Kier molecular flexibility index (Phi) is 5.46. The Morgan fingerprint density at radius 2 is 2.11 bits per heavy atom. The third-order valence-electron chi connectivity index (χ3n) is 2.94. The van der Waals surface area contributed by atoms with Crippen LogP contribution in [0.2, 0.25) is 5.02 Å². The molecule has 19 heavy (non-hydrogen) atoms. The van der Waals surface area contributed by atoms with Crippen LogP contribution in [0.4, 0.5) is 0 Å². The highest BCUT2D eigenvalue weighted by Crippen LogP contribution is 2.23. The highest BCUT2D eigenvalue weighted by atomic mass is 79.9. The summed E-state index contributed by atoms with van der Waals surface area (Å²) in [4.78, 5) is 2.82. The summed E-state index contributed by atoms with van der Waals surface area (Å²) in [6, 6.07) is 10.9. The first-order valence-electron chi connectivity index (χ1n) is 6.27. The Morgan fingerprint density at radius 3 is 2.74 bits per heavy atom. The summed E-state index contributed by atoms with van der Waals surface area (Å²) in [6.07, 6.45) is 1.08. The van der Waals surface area contributed by atoms with E-state index < -0.39 is 0 Å². The molecule has 2 rings (SSSR count). The van der Waals surface area contributed by atoms with Crippen molar-refractivity contribution in [3.63, 3.8) is 0 Å². The smallest absolute Gasteiger partial charge is 0.0548 e. The first-order valence-corrected chi connectivity index (χ1v) is 8.26. The van der Waals surface area contributed by atoms with E-state index in [9.17, 15) is 0 Å². The molecule has 1 heterocycles. The maximum atomic E-state index is 5.99. The first kappa shape index (κ1) is 15.0. The van der Waals surface area contributed by atoms with Crippen molar-refractivity contribution in [2.24, 2.45) is 0 Å². The van der Waals surface area contributed by atoms with Crippen molar-refractivity contribution in [1.29, 1.82) is 0 Å². The Bertz CT molecular complexity index is 553. The summed E-state index contributed by atoms with van der Waals surface area (Å²) < 4.78 is 0.954. The fourth-order valence-corrected chi connectivity index (χ4v) is 3.47. The normalized spacial score (nSPS) is 12.6. The van der Waals surface area contributed by atoms with E-state index in [0.717, 1.165) is 22.5 Å². The molecule has 0 aliphatic carbocycles. The van der Waals surface area contributed by atoms with Gasteiger partial charge in [0, 0.05) is 26.8 Å². The summed E-state index contributed by atoms with van der Waals surface area (Å²) in [7, 11) is 0. The van der Waals surface area contributed by atoms with Crippen LogP contribution in [0.1, 0.15) is 22.2 Å². The maximum Gasteiger partial charge on any atom is 0.0548 e. The lowest BCUT2D eigenvalue weighted by atomic mass is 10.1. The minimum Gasteiger partial charge on any atom is -0.310 e. The summed E-state index contributed by atoms with van der Waals surface area (Å²) in [5.41, 5.74) is 1.24. The van der Waals surface area contributed by atoms with E-state index in [0.29, 0.717) is 6.04 Å². The molecule has 0 bridgehead atoms. The molecule has 4 heteroatoms. The van der Waals surface area contributed by atoms with Gasteiger partial charge in [0.1, 0.15) is 0 Å². The Balaban J connectivity index is 1.86. The van der Waals surface area contributed by atoms with Crippen LogP contribution in [-0.4, -0.2) is 6.04 Å². The van der Waals surface area contributed by atoms with Crippen LogP contribution >= 0.6 is 38.9 Å². The SMILES string of the molecule is Cc1ccc(CC(C)NCc2ccc(Cl)c(Br)c2)s1. The lowest BCUT2D eigenvalue weighted by Gasteiger charge is -2.13. The van der Waals surface area contributed by atoms with E-state index >= 15 is 0 Å².